The van der Waals surface area contributed by atoms with E-state index in [1.807, 2.05) is 12.4 Å². The Balaban J connectivity index is 1.41. The summed E-state index contributed by atoms with van der Waals surface area (Å²) in [6.45, 7) is 0.882. The summed E-state index contributed by atoms with van der Waals surface area (Å²) < 4.78 is 2.07. The van der Waals surface area contributed by atoms with Crippen LogP contribution >= 0.6 is 0 Å². The predicted octanol–water partition coefficient (Wildman–Crippen LogP) is 3.05. The number of fused-ring (bicyclic) bond motifs is 1. The molecule has 112 valence electrons. The van der Waals surface area contributed by atoms with Gasteiger partial charge in [-0.05, 0) is 31.2 Å². The number of rotatable bonds is 6. The van der Waals surface area contributed by atoms with Crippen LogP contribution in [0.15, 0.2) is 42.7 Å². The van der Waals surface area contributed by atoms with E-state index in [2.05, 4.69) is 55.2 Å². The molecule has 0 amide bonds. The summed E-state index contributed by atoms with van der Waals surface area (Å²) in [5, 5.41) is 12.0. The Labute approximate surface area is 129 Å². The molecule has 22 heavy (non-hydrogen) atoms. The average Bonchev–Trinajstić information content (AvgIpc) is 3.32. The lowest BCUT2D eigenvalue weighted by atomic mass is 10.1. The van der Waals surface area contributed by atoms with E-state index < -0.39 is 0 Å². The van der Waals surface area contributed by atoms with E-state index in [0.29, 0.717) is 5.92 Å². The Morgan fingerprint density at radius 3 is 2.82 bits per heavy atom. The third kappa shape index (κ3) is 2.66. The van der Waals surface area contributed by atoms with Gasteiger partial charge in [-0.25, -0.2) is 4.98 Å². The molecule has 0 saturated heterocycles. The molecule has 1 fully saturated rings. The van der Waals surface area contributed by atoms with Crippen molar-refractivity contribution in [3.63, 3.8) is 0 Å². The molecule has 1 aromatic carbocycles. The second kappa shape index (κ2) is 5.75. The second-order valence-corrected chi connectivity index (χ2v) is 5.82. The van der Waals surface area contributed by atoms with Crippen molar-refractivity contribution in [1.29, 1.82) is 0 Å². The standard InChI is InChI=1S/C17H19N5/c1-2-5-13(6-3-1)7-4-10-18-15-17-21-20-16(14-8-9-14)22(17)12-11-19-15/h1-3,5-6,11-12,14H,4,7-10H2,(H,18,19). The van der Waals surface area contributed by atoms with Crippen LogP contribution in [-0.4, -0.2) is 26.1 Å². The molecule has 0 unspecified atom stereocenters. The maximum absolute atomic E-state index is 4.41. The first-order valence-corrected chi connectivity index (χ1v) is 7.89. The number of nitrogens with one attached hydrogen (secondary N) is 1. The van der Waals surface area contributed by atoms with Gasteiger partial charge in [0.05, 0.1) is 0 Å². The zero-order valence-corrected chi connectivity index (χ0v) is 12.4. The third-order valence-corrected chi connectivity index (χ3v) is 4.07. The topological polar surface area (TPSA) is 55.1 Å². The molecule has 0 bridgehead atoms. The van der Waals surface area contributed by atoms with E-state index in [1.165, 1.54) is 18.4 Å². The monoisotopic (exact) mass is 293 g/mol. The molecule has 2 heterocycles. The van der Waals surface area contributed by atoms with Crippen LogP contribution in [-0.2, 0) is 6.42 Å². The summed E-state index contributed by atoms with van der Waals surface area (Å²) in [7, 11) is 0. The molecule has 2 aromatic heterocycles. The highest BCUT2D eigenvalue weighted by molar-refractivity contribution is 5.62. The summed E-state index contributed by atoms with van der Waals surface area (Å²) in [4.78, 5) is 4.41. The molecular formula is C17H19N5. The van der Waals surface area contributed by atoms with E-state index in [9.17, 15) is 0 Å². The van der Waals surface area contributed by atoms with E-state index in [0.717, 1.165) is 36.7 Å². The maximum atomic E-state index is 4.41. The first-order valence-electron chi connectivity index (χ1n) is 7.89. The van der Waals surface area contributed by atoms with Gasteiger partial charge in [0.25, 0.3) is 0 Å². The quantitative estimate of drug-likeness (QED) is 0.710. The average molecular weight is 293 g/mol. The molecule has 1 saturated carbocycles. The summed E-state index contributed by atoms with van der Waals surface area (Å²) in [5.74, 6) is 2.49. The normalized spacial score (nSPS) is 14.4. The number of anilines is 1. The van der Waals surface area contributed by atoms with Crippen LogP contribution in [0.4, 0.5) is 5.82 Å². The minimum Gasteiger partial charge on any atom is -0.367 e. The summed E-state index contributed by atoms with van der Waals surface area (Å²) in [6.07, 6.45) is 8.36. The number of hydrogen-bond acceptors (Lipinski definition) is 4. The van der Waals surface area contributed by atoms with E-state index in [-0.39, 0.29) is 0 Å². The number of nitrogens with zero attached hydrogens (tertiary/aromatic N) is 4. The molecule has 0 radical (unpaired) electrons. The number of benzene rings is 1. The molecule has 1 aliphatic rings. The Bertz CT molecular complexity index is 761. The van der Waals surface area contributed by atoms with Crippen molar-refractivity contribution >= 4 is 11.5 Å². The van der Waals surface area contributed by atoms with Gasteiger partial charge in [-0.15, -0.1) is 10.2 Å². The van der Waals surface area contributed by atoms with Crippen LogP contribution < -0.4 is 5.32 Å². The summed E-state index contributed by atoms with van der Waals surface area (Å²) >= 11 is 0. The van der Waals surface area contributed by atoms with Crippen molar-refractivity contribution in [1.82, 2.24) is 19.6 Å². The summed E-state index contributed by atoms with van der Waals surface area (Å²) in [5.41, 5.74) is 2.21. The SMILES string of the molecule is c1ccc(CCCNc2nccn3c(C4CC4)nnc23)cc1. The van der Waals surface area contributed by atoms with Gasteiger partial charge in [0.1, 0.15) is 5.82 Å². The minimum absolute atomic E-state index is 0.586. The molecule has 3 aromatic rings. The van der Waals surface area contributed by atoms with Crippen LogP contribution in [0, 0.1) is 0 Å². The van der Waals surface area contributed by atoms with Crippen LogP contribution in [0.3, 0.4) is 0 Å². The van der Waals surface area contributed by atoms with Gasteiger partial charge in [-0.3, -0.25) is 4.40 Å². The fourth-order valence-corrected chi connectivity index (χ4v) is 2.73. The van der Waals surface area contributed by atoms with Crippen molar-refractivity contribution in [2.24, 2.45) is 0 Å². The first kappa shape index (κ1) is 13.2. The molecule has 4 rings (SSSR count). The molecule has 5 heteroatoms. The smallest absolute Gasteiger partial charge is 0.203 e. The summed E-state index contributed by atoms with van der Waals surface area (Å²) in [6, 6.07) is 10.6. The molecule has 0 aliphatic heterocycles. The maximum Gasteiger partial charge on any atom is 0.203 e. The molecular weight excluding hydrogens is 274 g/mol. The highest BCUT2D eigenvalue weighted by Gasteiger charge is 2.29. The van der Waals surface area contributed by atoms with Crippen LogP contribution in [0.5, 0.6) is 0 Å². The van der Waals surface area contributed by atoms with Gasteiger partial charge in [0.15, 0.2) is 5.82 Å². The second-order valence-electron chi connectivity index (χ2n) is 5.82. The lowest BCUT2D eigenvalue weighted by molar-refractivity contribution is 0.857. The van der Waals surface area contributed by atoms with Gasteiger partial charge in [-0.1, -0.05) is 30.3 Å². The van der Waals surface area contributed by atoms with Crippen molar-refractivity contribution in [2.45, 2.75) is 31.6 Å². The lowest BCUT2D eigenvalue weighted by Gasteiger charge is -2.06. The van der Waals surface area contributed by atoms with Crippen LogP contribution in [0.2, 0.25) is 0 Å². The molecule has 5 nitrogen and oxygen atoms in total. The fourth-order valence-electron chi connectivity index (χ4n) is 2.73. The highest BCUT2D eigenvalue weighted by atomic mass is 15.3. The molecule has 1 N–H and O–H groups in total. The Hall–Kier alpha value is -2.43. The first-order chi connectivity index (χ1) is 10.9. The van der Waals surface area contributed by atoms with Crippen molar-refractivity contribution < 1.29 is 0 Å². The van der Waals surface area contributed by atoms with Gasteiger partial charge in [-0.2, -0.15) is 0 Å². The Kier molecular flexibility index (Phi) is 3.46. The Morgan fingerprint density at radius 1 is 1.14 bits per heavy atom. The molecule has 0 atom stereocenters. The molecule has 1 aliphatic carbocycles. The van der Waals surface area contributed by atoms with Crippen molar-refractivity contribution in [3.8, 4) is 0 Å². The van der Waals surface area contributed by atoms with Gasteiger partial charge in [0.2, 0.25) is 5.65 Å². The Morgan fingerprint density at radius 2 is 2.00 bits per heavy atom. The molecule has 0 spiro atoms. The van der Waals surface area contributed by atoms with Gasteiger partial charge >= 0.3 is 0 Å². The number of aryl methyl sites for hydroxylation is 1. The predicted molar refractivity (Wildman–Crippen MR) is 86.0 cm³/mol. The van der Waals surface area contributed by atoms with E-state index in [1.54, 1.807) is 0 Å². The fraction of sp³-hybridized carbons (Fsp3) is 0.353. The van der Waals surface area contributed by atoms with Crippen molar-refractivity contribution in [3.05, 3.63) is 54.1 Å². The highest BCUT2D eigenvalue weighted by Crippen LogP contribution is 2.39. The zero-order chi connectivity index (χ0) is 14.8. The lowest BCUT2D eigenvalue weighted by Crippen LogP contribution is -2.06. The number of hydrogen-bond donors (Lipinski definition) is 1. The van der Waals surface area contributed by atoms with Gasteiger partial charge in [0, 0.05) is 24.9 Å². The van der Waals surface area contributed by atoms with Gasteiger partial charge < -0.3 is 5.32 Å². The van der Waals surface area contributed by atoms with Crippen molar-refractivity contribution in [2.75, 3.05) is 11.9 Å². The zero-order valence-electron chi connectivity index (χ0n) is 12.4. The van der Waals surface area contributed by atoms with E-state index in [4.69, 9.17) is 0 Å². The number of aromatic nitrogens is 4. The van der Waals surface area contributed by atoms with E-state index >= 15 is 0 Å². The third-order valence-electron chi connectivity index (χ3n) is 4.07. The van der Waals surface area contributed by atoms with Crippen LogP contribution in [0.25, 0.3) is 5.65 Å². The minimum atomic E-state index is 0.586. The van der Waals surface area contributed by atoms with Crippen LogP contribution in [0.1, 0.15) is 36.6 Å². The largest absolute Gasteiger partial charge is 0.367 e.